The highest BCUT2D eigenvalue weighted by molar-refractivity contribution is 7.13. The molecule has 1 atom stereocenters. The molecule has 0 bridgehead atoms. The van der Waals surface area contributed by atoms with E-state index in [1.165, 1.54) is 11.3 Å². The summed E-state index contributed by atoms with van der Waals surface area (Å²) in [4.78, 5) is 10.9. The molecular formula is C9H13N3O2S. The summed E-state index contributed by atoms with van der Waals surface area (Å²) in [6.07, 6.45) is 1.24. The van der Waals surface area contributed by atoms with Crippen molar-refractivity contribution in [1.82, 2.24) is 10.2 Å². The third kappa shape index (κ3) is 2.32. The number of primary amides is 1. The first kappa shape index (κ1) is 10.5. The molecule has 1 fully saturated rings. The maximum atomic E-state index is 10.9. The molecule has 1 unspecified atom stereocenters. The van der Waals surface area contributed by atoms with E-state index in [4.69, 9.17) is 10.5 Å². The van der Waals surface area contributed by atoms with Crippen LogP contribution < -0.4 is 5.73 Å². The number of rotatable bonds is 4. The van der Waals surface area contributed by atoms with Crippen LogP contribution in [-0.4, -0.2) is 28.8 Å². The summed E-state index contributed by atoms with van der Waals surface area (Å²) in [5.74, 6) is -0.516. The van der Waals surface area contributed by atoms with Crippen molar-refractivity contribution >= 4 is 17.2 Å². The number of nitrogens with two attached hydrogens (primary N) is 1. The van der Waals surface area contributed by atoms with E-state index in [1.54, 1.807) is 0 Å². The number of hydrogen-bond donors (Lipinski definition) is 1. The zero-order chi connectivity index (χ0) is 11.1. The average Bonchev–Trinajstić information content (AvgIpc) is 2.80. The summed E-state index contributed by atoms with van der Waals surface area (Å²) >= 11 is 1.27. The largest absolute Gasteiger partial charge is 0.373 e. The van der Waals surface area contributed by atoms with E-state index in [0.29, 0.717) is 6.10 Å². The van der Waals surface area contributed by atoms with Crippen molar-refractivity contribution in [3.05, 3.63) is 10.0 Å². The number of nitrogens with zero attached hydrogens (tertiary/aromatic N) is 2. The Bertz CT molecular complexity index is 384. The average molecular weight is 227 g/mol. The maximum absolute atomic E-state index is 10.9. The van der Waals surface area contributed by atoms with E-state index >= 15 is 0 Å². The van der Waals surface area contributed by atoms with Gasteiger partial charge in [0.05, 0.1) is 12.7 Å². The lowest BCUT2D eigenvalue weighted by atomic mass is 9.89. The molecule has 1 aliphatic rings. The first-order valence-electron chi connectivity index (χ1n) is 4.74. The van der Waals surface area contributed by atoms with E-state index in [9.17, 15) is 4.79 Å². The highest BCUT2D eigenvalue weighted by Crippen LogP contribution is 2.34. The molecule has 82 valence electrons. The van der Waals surface area contributed by atoms with Gasteiger partial charge >= 0.3 is 0 Å². The number of carbonyl (C=O) groups excluding carboxylic acids is 1. The second-order valence-corrected chi connectivity index (χ2v) is 5.30. The van der Waals surface area contributed by atoms with Crippen molar-refractivity contribution in [1.29, 1.82) is 0 Å². The van der Waals surface area contributed by atoms with Crippen molar-refractivity contribution < 1.29 is 9.53 Å². The van der Waals surface area contributed by atoms with Gasteiger partial charge in [0.25, 0.3) is 5.91 Å². The lowest BCUT2D eigenvalue weighted by Gasteiger charge is -2.19. The van der Waals surface area contributed by atoms with Crippen molar-refractivity contribution in [3.8, 4) is 0 Å². The van der Waals surface area contributed by atoms with Gasteiger partial charge in [0.2, 0.25) is 5.01 Å². The standard InChI is InChI=1S/C9H13N3O2S/c1-9(2,3-5-4-14-5)8-12-11-7(15-8)6(10)13/h5H,3-4H2,1-2H3,(H2,10,13). The van der Waals surface area contributed by atoms with Gasteiger partial charge in [-0.1, -0.05) is 25.2 Å². The molecule has 1 amide bonds. The zero-order valence-corrected chi connectivity index (χ0v) is 9.50. The smallest absolute Gasteiger partial charge is 0.279 e. The summed E-state index contributed by atoms with van der Waals surface area (Å²) in [6.45, 7) is 4.96. The molecule has 1 aromatic rings. The summed E-state index contributed by atoms with van der Waals surface area (Å²) < 4.78 is 5.18. The lowest BCUT2D eigenvalue weighted by Crippen LogP contribution is -2.19. The van der Waals surface area contributed by atoms with Gasteiger partial charge in [-0.3, -0.25) is 4.79 Å². The number of epoxide rings is 1. The molecule has 6 heteroatoms. The molecule has 0 aliphatic carbocycles. The quantitative estimate of drug-likeness (QED) is 0.768. The minimum absolute atomic E-state index is 0.105. The van der Waals surface area contributed by atoms with E-state index < -0.39 is 5.91 Å². The molecule has 1 aliphatic heterocycles. The van der Waals surface area contributed by atoms with Gasteiger partial charge in [0, 0.05) is 5.41 Å². The number of ether oxygens (including phenoxy) is 1. The van der Waals surface area contributed by atoms with E-state index in [1.807, 2.05) is 0 Å². The van der Waals surface area contributed by atoms with Crippen LogP contribution in [0.1, 0.15) is 35.1 Å². The fourth-order valence-corrected chi connectivity index (χ4v) is 2.25. The highest BCUT2D eigenvalue weighted by atomic mass is 32.1. The first-order valence-corrected chi connectivity index (χ1v) is 5.56. The number of carbonyl (C=O) groups is 1. The summed E-state index contributed by atoms with van der Waals surface area (Å²) in [6, 6.07) is 0. The van der Waals surface area contributed by atoms with E-state index in [0.717, 1.165) is 18.0 Å². The van der Waals surface area contributed by atoms with Gasteiger partial charge in [-0.25, -0.2) is 0 Å². The summed E-state index contributed by atoms with van der Waals surface area (Å²) in [5.41, 5.74) is 5.02. The number of aromatic nitrogens is 2. The van der Waals surface area contributed by atoms with Gasteiger partial charge < -0.3 is 10.5 Å². The predicted octanol–water partition coefficient (Wildman–Crippen LogP) is 0.704. The van der Waals surface area contributed by atoms with E-state index in [2.05, 4.69) is 24.0 Å². The van der Waals surface area contributed by atoms with Gasteiger partial charge in [-0.15, -0.1) is 10.2 Å². The van der Waals surface area contributed by atoms with Gasteiger partial charge in [0.1, 0.15) is 5.01 Å². The SMILES string of the molecule is CC(C)(CC1CO1)c1nnc(C(N)=O)s1. The van der Waals surface area contributed by atoms with Crippen LogP contribution in [0.3, 0.4) is 0 Å². The molecule has 0 saturated carbocycles. The van der Waals surface area contributed by atoms with Crippen LogP contribution in [0.15, 0.2) is 0 Å². The Hall–Kier alpha value is -1.01. The molecule has 0 radical (unpaired) electrons. The lowest BCUT2D eigenvalue weighted by molar-refractivity contribution is 0.0999. The minimum atomic E-state index is -0.516. The molecule has 5 nitrogen and oxygen atoms in total. The van der Waals surface area contributed by atoms with Crippen molar-refractivity contribution in [3.63, 3.8) is 0 Å². The van der Waals surface area contributed by atoms with Crippen LogP contribution in [0.25, 0.3) is 0 Å². The van der Waals surface area contributed by atoms with E-state index in [-0.39, 0.29) is 10.4 Å². The Labute approximate surface area is 91.6 Å². The molecule has 15 heavy (non-hydrogen) atoms. The van der Waals surface area contributed by atoms with Gasteiger partial charge in [-0.05, 0) is 6.42 Å². The van der Waals surface area contributed by atoms with Crippen molar-refractivity contribution in [2.75, 3.05) is 6.61 Å². The molecule has 2 N–H and O–H groups in total. The molecule has 1 aromatic heterocycles. The molecule has 1 saturated heterocycles. The van der Waals surface area contributed by atoms with Crippen LogP contribution >= 0.6 is 11.3 Å². The van der Waals surface area contributed by atoms with Crippen LogP contribution in [0.5, 0.6) is 0 Å². The minimum Gasteiger partial charge on any atom is -0.373 e. The first-order chi connectivity index (χ1) is 6.99. The second kappa shape index (κ2) is 3.53. The Morgan fingerprint density at radius 1 is 1.67 bits per heavy atom. The summed E-state index contributed by atoms with van der Waals surface area (Å²) in [5, 5.41) is 8.88. The molecule has 2 rings (SSSR count). The molecule has 2 heterocycles. The van der Waals surface area contributed by atoms with Crippen LogP contribution in [0, 0.1) is 0 Å². The fraction of sp³-hybridized carbons (Fsp3) is 0.667. The van der Waals surface area contributed by atoms with Crippen LogP contribution in [-0.2, 0) is 10.2 Å². The molecule has 0 aromatic carbocycles. The Morgan fingerprint density at radius 2 is 2.33 bits per heavy atom. The van der Waals surface area contributed by atoms with Gasteiger partial charge in [-0.2, -0.15) is 0 Å². The number of hydrogen-bond acceptors (Lipinski definition) is 5. The van der Waals surface area contributed by atoms with Crippen LogP contribution in [0.4, 0.5) is 0 Å². The zero-order valence-electron chi connectivity index (χ0n) is 8.69. The summed E-state index contributed by atoms with van der Waals surface area (Å²) in [7, 11) is 0. The third-order valence-corrected chi connectivity index (χ3v) is 3.66. The van der Waals surface area contributed by atoms with Crippen molar-refractivity contribution in [2.24, 2.45) is 5.73 Å². The number of amides is 1. The second-order valence-electron chi connectivity index (χ2n) is 4.32. The Balaban J connectivity index is 2.15. The predicted molar refractivity (Wildman–Crippen MR) is 55.8 cm³/mol. The third-order valence-electron chi connectivity index (χ3n) is 2.36. The normalized spacial score (nSPS) is 20.3. The topological polar surface area (TPSA) is 81.4 Å². The molecular weight excluding hydrogens is 214 g/mol. The Morgan fingerprint density at radius 3 is 2.80 bits per heavy atom. The molecule has 0 spiro atoms. The highest BCUT2D eigenvalue weighted by Gasteiger charge is 2.35. The van der Waals surface area contributed by atoms with Crippen LogP contribution in [0.2, 0.25) is 0 Å². The monoisotopic (exact) mass is 227 g/mol. The maximum Gasteiger partial charge on any atom is 0.279 e. The van der Waals surface area contributed by atoms with Gasteiger partial charge in [0.15, 0.2) is 0 Å². The fourth-order valence-electron chi connectivity index (χ4n) is 1.44. The Kier molecular flexibility index (Phi) is 2.47. The van der Waals surface area contributed by atoms with Crippen molar-refractivity contribution in [2.45, 2.75) is 31.8 Å².